The SMILES string of the molecule is CC1(C)SCN(C(=O)CNC(=O)CCCOc2ccccc2)[C@@H]1C(=O)O. The predicted octanol–water partition coefficient (Wildman–Crippen LogP) is 1.73. The van der Waals surface area contributed by atoms with Crippen molar-refractivity contribution in [2.45, 2.75) is 37.5 Å². The lowest BCUT2D eigenvalue weighted by Crippen LogP contribution is -2.51. The Kier molecular flexibility index (Phi) is 6.90. The van der Waals surface area contributed by atoms with E-state index < -0.39 is 16.8 Å². The molecule has 8 heteroatoms. The Morgan fingerprint density at radius 1 is 1.31 bits per heavy atom. The minimum Gasteiger partial charge on any atom is -0.494 e. The molecule has 1 fully saturated rings. The van der Waals surface area contributed by atoms with Gasteiger partial charge in [0.15, 0.2) is 0 Å². The minimum absolute atomic E-state index is 0.196. The first-order valence-corrected chi connectivity index (χ1v) is 9.40. The van der Waals surface area contributed by atoms with Crippen molar-refractivity contribution < 1.29 is 24.2 Å². The molecule has 0 aliphatic carbocycles. The van der Waals surface area contributed by atoms with Gasteiger partial charge in [-0.05, 0) is 32.4 Å². The number of nitrogens with zero attached hydrogens (tertiary/aromatic N) is 1. The van der Waals surface area contributed by atoms with E-state index in [-0.39, 0.29) is 24.8 Å². The van der Waals surface area contributed by atoms with Crippen molar-refractivity contribution in [3.63, 3.8) is 0 Å². The molecule has 2 N–H and O–H groups in total. The maximum atomic E-state index is 12.3. The van der Waals surface area contributed by atoms with Crippen LogP contribution in [-0.4, -0.2) is 57.6 Å². The number of hydrogen-bond donors (Lipinski definition) is 2. The number of thioether (sulfide) groups is 1. The zero-order valence-electron chi connectivity index (χ0n) is 14.9. The number of nitrogens with one attached hydrogen (secondary N) is 1. The summed E-state index contributed by atoms with van der Waals surface area (Å²) in [5.41, 5.74) is 0. The first-order chi connectivity index (χ1) is 12.3. The van der Waals surface area contributed by atoms with E-state index >= 15 is 0 Å². The third-order valence-corrected chi connectivity index (χ3v) is 5.47. The van der Waals surface area contributed by atoms with E-state index in [2.05, 4.69) is 5.32 Å². The molecule has 2 rings (SSSR count). The molecule has 1 heterocycles. The summed E-state index contributed by atoms with van der Waals surface area (Å²) in [6.45, 7) is 3.81. The number of carboxylic acid groups (broad SMARTS) is 1. The number of benzene rings is 1. The summed E-state index contributed by atoms with van der Waals surface area (Å²) in [5, 5.41) is 11.9. The van der Waals surface area contributed by atoms with Crippen molar-refractivity contribution in [1.29, 1.82) is 0 Å². The highest BCUT2D eigenvalue weighted by molar-refractivity contribution is 8.00. The van der Waals surface area contributed by atoms with Crippen LogP contribution >= 0.6 is 11.8 Å². The van der Waals surface area contributed by atoms with Crippen LogP contribution < -0.4 is 10.1 Å². The van der Waals surface area contributed by atoms with E-state index in [1.807, 2.05) is 30.3 Å². The van der Waals surface area contributed by atoms with Crippen LogP contribution in [0.3, 0.4) is 0 Å². The van der Waals surface area contributed by atoms with Gasteiger partial charge in [-0.1, -0.05) is 18.2 Å². The van der Waals surface area contributed by atoms with Crippen molar-refractivity contribution >= 4 is 29.5 Å². The van der Waals surface area contributed by atoms with Gasteiger partial charge < -0.3 is 20.1 Å². The Morgan fingerprint density at radius 3 is 2.65 bits per heavy atom. The lowest BCUT2D eigenvalue weighted by Gasteiger charge is -2.27. The summed E-state index contributed by atoms with van der Waals surface area (Å²) >= 11 is 1.42. The molecule has 0 unspecified atom stereocenters. The standard InChI is InChI=1S/C18H24N2O5S/c1-18(2)16(17(23)24)20(12-26-18)15(22)11-19-14(21)9-6-10-25-13-7-4-3-5-8-13/h3-5,7-8,16H,6,9-12H2,1-2H3,(H,19,21)(H,23,24)/t16-/m1/s1. The Hall–Kier alpha value is -2.22. The van der Waals surface area contributed by atoms with Gasteiger partial charge in [-0.2, -0.15) is 0 Å². The second-order valence-electron chi connectivity index (χ2n) is 6.52. The lowest BCUT2D eigenvalue weighted by atomic mass is 10.0. The second-order valence-corrected chi connectivity index (χ2v) is 8.12. The third kappa shape index (κ3) is 5.39. The van der Waals surface area contributed by atoms with E-state index in [1.165, 1.54) is 16.7 Å². The van der Waals surface area contributed by atoms with E-state index in [0.717, 1.165) is 5.75 Å². The molecule has 1 atom stereocenters. The molecule has 26 heavy (non-hydrogen) atoms. The van der Waals surface area contributed by atoms with Gasteiger partial charge in [0, 0.05) is 11.2 Å². The molecule has 1 saturated heterocycles. The number of carbonyl (C=O) groups is 3. The molecule has 0 bridgehead atoms. The van der Waals surface area contributed by atoms with Gasteiger partial charge in [0.05, 0.1) is 19.0 Å². The molecule has 1 aliphatic heterocycles. The van der Waals surface area contributed by atoms with Gasteiger partial charge >= 0.3 is 5.97 Å². The van der Waals surface area contributed by atoms with Crippen LogP contribution in [0.15, 0.2) is 30.3 Å². The first-order valence-electron chi connectivity index (χ1n) is 8.42. The Morgan fingerprint density at radius 2 is 2.00 bits per heavy atom. The molecule has 1 aromatic carbocycles. The van der Waals surface area contributed by atoms with E-state index in [1.54, 1.807) is 13.8 Å². The summed E-state index contributed by atoms with van der Waals surface area (Å²) in [5.74, 6) is -0.615. The van der Waals surface area contributed by atoms with Gasteiger partial charge in [-0.15, -0.1) is 11.8 Å². The number of aliphatic carboxylic acids is 1. The Bertz CT molecular complexity index is 650. The Balaban J connectivity index is 1.70. The van der Waals surface area contributed by atoms with E-state index in [9.17, 15) is 19.5 Å². The maximum absolute atomic E-state index is 12.3. The Labute approximate surface area is 157 Å². The largest absolute Gasteiger partial charge is 0.494 e. The van der Waals surface area contributed by atoms with Crippen LogP contribution in [0.25, 0.3) is 0 Å². The van der Waals surface area contributed by atoms with Gasteiger partial charge in [0.25, 0.3) is 0 Å². The van der Waals surface area contributed by atoms with Gasteiger partial charge in [0.1, 0.15) is 11.8 Å². The number of carboxylic acids is 1. The normalized spacial score (nSPS) is 18.4. The molecule has 1 aliphatic rings. The lowest BCUT2D eigenvalue weighted by molar-refractivity contribution is -0.149. The summed E-state index contributed by atoms with van der Waals surface area (Å²) in [6, 6.07) is 8.43. The molecule has 0 aromatic heterocycles. The van der Waals surface area contributed by atoms with Crippen LogP contribution in [0, 0.1) is 0 Å². The zero-order valence-corrected chi connectivity index (χ0v) is 15.8. The number of rotatable bonds is 8. The molecule has 1 aromatic rings. The van der Waals surface area contributed by atoms with Crippen molar-refractivity contribution in [3.05, 3.63) is 30.3 Å². The average molecular weight is 380 g/mol. The minimum atomic E-state index is -1.03. The highest BCUT2D eigenvalue weighted by atomic mass is 32.2. The van der Waals surface area contributed by atoms with Gasteiger partial charge in [-0.25, -0.2) is 4.79 Å². The molecular weight excluding hydrogens is 356 g/mol. The number of carbonyl (C=O) groups excluding carboxylic acids is 2. The zero-order chi connectivity index (χ0) is 19.2. The fraction of sp³-hybridized carbons (Fsp3) is 0.500. The van der Waals surface area contributed by atoms with Crippen molar-refractivity contribution in [2.75, 3.05) is 19.0 Å². The fourth-order valence-corrected chi connectivity index (χ4v) is 3.87. The molecule has 0 radical (unpaired) electrons. The van der Waals surface area contributed by atoms with Crippen LogP contribution in [0.4, 0.5) is 0 Å². The smallest absolute Gasteiger partial charge is 0.327 e. The number of amides is 2. The van der Waals surface area contributed by atoms with Crippen LogP contribution in [0.2, 0.25) is 0 Å². The summed E-state index contributed by atoms with van der Waals surface area (Å²) < 4.78 is 4.95. The highest BCUT2D eigenvalue weighted by Crippen LogP contribution is 2.39. The third-order valence-electron chi connectivity index (χ3n) is 4.10. The average Bonchev–Trinajstić information content (AvgIpc) is 2.93. The quantitative estimate of drug-likeness (QED) is 0.667. The molecule has 0 saturated carbocycles. The van der Waals surface area contributed by atoms with Crippen LogP contribution in [0.5, 0.6) is 5.75 Å². The predicted molar refractivity (Wildman–Crippen MR) is 99.0 cm³/mol. The first kappa shape index (κ1) is 20.1. The summed E-state index contributed by atoms with van der Waals surface area (Å²) in [6.07, 6.45) is 0.766. The number of para-hydroxylation sites is 1. The second kappa shape index (κ2) is 8.93. The molecule has 2 amide bonds. The fourth-order valence-electron chi connectivity index (χ4n) is 2.71. The number of hydrogen-bond acceptors (Lipinski definition) is 5. The van der Waals surface area contributed by atoms with Crippen molar-refractivity contribution in [2.24, 2.45) is 0 Å². The molecule has 142 valence electrons. The summed E-state index contributed by atoms with van der Waals surface area (Å²) in [4.78, 5) is 36.9. The molecular formula is C18H24N2O5S. The van der Waals surface area contributed by atoms with E-state index in [4.69, 9.17) is 4.74 Å². The van der Waals surface area contributed by atoms with Crippen molar-refractivity contribution in [3.8, 4) is 5.75 Å². The highest BCUT2D eigenvalue weighted by Gasteiger charge is 2.47. The summed E-state index contributed by atoms with van der Waals surface area (Å²) in [7, 11) is 0. The van der Waals surface area contributed by atoms with E-state index in [0.29, 0.717) is 18.9 Å². The topological polar surface area (TPSA) is 95.9 Å². The van der Waals surface area contributed by atoms with Gasteiger partial charge in [-0.3, -0.25) is 9.59 Å². The monoisotopic (exact) mass is 380 g/mol. The maximum Gasteiger partial charge on any atom is 0.327 e. The van der Waals surface area contributed by atoms with Crippen molar-refractivity contribution in [1.82, 2.24) is 10.2 Å². The van der Waals surface area contributed by atoms with Crippen LogP contribution in [0.1, 0.15) is 26.7 Å². The number of ether oxygens (including phenoxy) is 1. The molecule has 0 spiro atoms. The van der Waals surface area contributed by atoms with Gasteiger partial charge in [0.2, 0.25) is 11.8 Å². The van der Waals surface area contributed by atoms with Crippen LogP contribution in [-0.2, 0) is 14.4 Å². The molecule has 7 nitrogen and oxygen atoms in total.